The third-order valence-corrected chi connectivity index (χ3v) is 1.23. The largest absolute Gasteiger partial charge is 0.307 e. The Balaban J connectivity index is 0.000000461. The number of hydrogen-bond donors (Lipinski definition) is 0. The van der Waals surface area contributed by atoms with Crippen LogP contribution in [0.25, 0.3) is 0 Å². The van der Waals surface area contributed by atoms with Gasteiger partial charge in [0.25, 0.3) is 0 Å². The van der Waals surface area contributed by atoms with Crippen molar-refractivity contribution in [2.24, 2.45) is 4.99 Å². The maximum absolute atomic E-state index is 8.00. The zero-order valence-corrected chi connectivity index (χ0v) is 6.71. The van der Waals surface area contributed by atoms with Gasteiger partial charge in [0.05, 0.1) is 5.69 Å². The average molecular weight is 170 g/mol. The molecule has 0 aromatic heterocycles. The molecular formula is C8H8ClNO. The molecule has 0 amide bonds. The fourth-order valence-electron chi connectivity index (χ4n) is 0.574. The highest BCUT2D eigenvalue weighted by Gasteiger charge is 1.86. The van der Waals surface area contributed by atoms with E-state index >= 15 is 0 Å². The molecule has 3 heteroatoms. The van der Waals surface area contributed by atoms with Crippen molar-refractivity contribution < 1.29 is 4.79 Å². The Morgan fingerprint density at radius 3 is 2.36 bits per heavy atom. The minimum absolute atomic E-state index is 0.694. The molecule has 0 bridgehead atoms. The van der Waals surface area contributed by atoms with Crippen molar-refractivity contribution in [1.82, 2.24) is 0 Å². The standard InChI is InChI=1S/C7H6ClN.CH2O/c1-9-7-4-2-3-6(8)5-7;1-2/h2-5H,1H2;1H2. The Bertz CT molecular complexity index is 237. The van der Waals surface area contributed by atoms with E-state index in [9.17, 15) is 0 Å². The molecule has 0 radical (unpaired) electrons. The van der Waals surface area contributed by atoms with Gasteiger partial charge < -0.3 is 4.79 Å². The first-order chi connectivity index (χ1) is 5.33. The van der Waals surface area contributed by atoms with E-state index in [0.717, 1.165) is 5.69 Å². The molecule has 0 fully saturated rings. The summed E-state index contributed by atoms with van der Waals surface area (Å²) in [5.74, 6) is 0. The van der Waals surface area contributed by atoms with Crippen LogP contribution in [-0.4, -0.2) is 13.5 Å². The van der Waals surface area contributed by atoms with Crippen LogP contribution in [0, 0.1) is 0 Å². The smallest absolute Gasteiger partial charge is 0.106 e. The zero-order valence-electron chi connectivity index (χ0n) is 5.96. The molecule has 0 saturated heterocycles. The number of benzene rings is 1. The molecule has 0 atom stereocenters. The summed E-state index contributed by atoms with van der Waals surface area (Å²) in [6, 6.07) is 7.25. The van der Waals surface area contributed by atoms with Crippen LogP contribution >= 0.6 is 11.6 Å². The number of halogens is 1. The van der Waals surface area contributed by atoms with Gasteiger partial charge in [0, 0.05) is 5.02 Å². The minimum Gasteiger partial charge on any atom is -0.307 e. The molecule has 0 spiro atoms. The Morgan fingerprint density at radius 1 is 1.36 bits per heavy atom. The number of rotatable bonds is 1. The summed E-state index contributed by atoms with van der Waals surface area (Å²) < 4.78 is 0. The molecule has 58 valence electrons. The summed E-state index contributed by atoms with van der Waals surface area (Å²) >= 11 is 5.64. The van der Waals surface area contributed by atoms with Crippen molar-refractivity contribution in [3.8, 4) is 0 Å². The Kier molecular flexibility index (Phi) is 5.03. The fraction of sp³-hybridized carbons (Fsp3) is 0. The van der Waals surface area contributed by atoms with Gasteiger partial charge in [-0.3, -0.25) is 4.99 Å². The van der Waals surface area contributed by atoms with Gasteiger partial charge in [-0.05, 0) is 24.9 Å². The molecule has 0 N–H and O–H groups in total. The van der Waals surface area contributed by atoms with E-state index in [1.54, 1.807) is 12.1 Å². The van der Waals surface area contributed by atoms with Crippen LogP contribution in [0.3, 0.4) is 0 Å². The van der Waals surface area contributed by atoms with Crippen LogP contribution in [0.15, 0.2) is 29.3 Å². The third-order valence-electron chi connectivity index (χ3n) is 0.991. The predicted octanol–water partition coefficient (Wildman–Crippen LogP) is 2.49. The van der Waals surface area contributed by atoms with Crippen LogP contribution in [0.4, 0.5) is 5.69 Å². The second-order valence-corrected chi connectivity index (χ2v) is 2.07. The summed E-state index contributed by atoms with van der Waals surface area (Å²) in [5.41, 5.74) is 0.808. The SMILES string of the molecule is C=Nc1cccc(Cl)c1.C=O. The van der Waals surface area contributed by atoms with E-state index in [4.69, 9.17) is 16.4 Å². The van der Waals surface area contributed by atoms with E-state index in [1.165, 1.54) is 0 Å². The number of hydrogen-bond acceptors (Lipinski definition) is 2. The minimum atomic E-state index is 0.694. The lowest BCUT2D eigenvalue weighted by Gasteiger charge is -1.89. The van der Waals surface area contributed by atoms with Crippen molar-refractivity contribution >= 4 is 30.8 Å². The summed E-state index contributed by atoms with van der Waals surface area (Å²) in [6.07, 6.45) is 0. The van der Waals surface area contributed by atoms with Gasteiger partial charge in [-0.2, -0.15) is 0 Å². The number of carbonyl (C=O) groups is 1. The normalized spacial score (nSPS) is 7.73. The topological polar surface area (TPSA) is 29.4 Å². The highest BCUT2D eigenvalue weighted by molar-refractivity contribution is 6.30. The molecular weight excluding hydrogens is 162 g/mol. The van der Waals surface area contributed by atoms with Gasteiger partial charge in [-0.15, -0.1) is 0 Å². The molecule has 2 nitrogen and oxygen atoms in total. The second-order valence-electron chi connectivity index (χ2n) is 1.64. The van der Waals surface area contributed by atoms with E-state index < -0.39 is 0 Å². The van der Waals surface area contributed by atoms with Crippen molar-refractivity contribution in [3.63, 3.8) is 0 Å². The summed E-state index contributed by atoms with van der Waals surface area (Å²) in [4.78, 5) is 11.7. The average Bonchev–Trinajstić information content (AvgIpc) is 2.08. The molecule has 11 heavy (non-hydrogen) atoms. The third kappa shape index (κ3) is 3.53. The number of carbonyl (C=O) groups excluding carboxylic acids is 1. The molecule has 1 aromatic carbocycles. The van der Waals surface area contributed by atoms with Gasteiger partial charge in [0.1, 0.15) is 6.79 Å². The molecule has 0 aliphatic carbocycles. The van der Waals surface area contributed by atoms with Crippen LogP contribution < -0.4 is 0 Å². The second kappa shape index (κ2) is 5.62. The summed E-state index contributed by atoms with van der Waals surface area (Å²) in [5, 5.41) is 0.694. The zero-order chi connectivity index (χ0) is 8.69. The van der Waals surface area contributed by atoms with Crippen LogP contribution in [0.2, 0.25) is 5.02 Å². The van der Waals surface area contributed by atoms with E-state index in [-0.39, 0.29) is 0 Å². The molecule has 0 aliphatic rings. The highest BCUT2D eigenvalue weighted by atomic mass is 35.5. The van der Waals surface area contributed by atoms with Crippen LogP contribution in [0.5, 0.6) is 0 Å². The molecule has 1 rings (SSSR count). The van der Waals surface area contributed by atoms with Crippen molar-refractivity contribution in [2.75, 3.05) is 0 Å². The molecule has 0 saturated carbocycles. The summed E-state index contributed by atoms with van der Waals surface area (Å²) in [7, 11) is 0. The first-order valence-corrected chi connectivity index (χ1v) is 3.22. The van der Waals surface area contributed by atoms with Gasteiger partial charge in [-0.1, -0.05) is 17.7 Å². The molecule has 1 aromatic rings. The van der Waals surface area contributed by atoms with E-state index in [1.807, 2.05) is 18.9 Å². The lowest BCUT2D eigenvalue weighted by molar-refractivity contribution is -0.0979. The summed E-state index contributed by atoms with van der Waals surface area (Å²) in [6.45, 7) is 5.36. The number of nitrogens with zero attached hydrogens (tertiary/aromatic N) is 1. The Hall–Kier alpha value is -1.15. The highest BCUT2D eigenvalue weighted by Crippen LogP contribution is 2.16. The van der Waals surface area contributed by atoms with Crippen molar-refractivity contribution in [2.45, 2.75) is 0 Å². The lowest BCUT2D eigenvalue weighted by Crippen LogP contribution is -1.62. The van der Waals surface area contributed by atoms with Crippen LogP contribution in [0.1, 0.15) is 0 Å². The maximum atomic E-state index is 8.00. The van der Waals surface area contributed by atoms with Gasteiger partial charge >= 0.3 is 0 Å². The van der Waals surface area contributed by atoms with Crippen LogP contribution in [-0.2, 0) is 4.79 Å². The first-order valence-electron chi connectivity index (χ1n) is 2.84. The Labute approximate surface area is 70.5 Å². The van der Waals surface area contributed by atoms with E-state index in [2.05, 4.69) is 11.7 Å². The predicted molar refractivity (Wildman–Crippen MR) is 47.8 cm³/mol. The molecule has 0 aliphatic heterocycles. The van der Waals surface area contributed by atoms with Gasteiger partial charge in [0.2, 0.25) is 0 Å². The maximum Gasteiger partial charge on any atom is 0.106 e. The Morgan fingerprint density at radius 2 is 2.00 bits per heavy atom. The molecule has 0 unspecified atom stereocenters. The van der Waals surface area contributed by atoms with Gasteiger partial charge in [0.15, 0.2) is 0 Å². The van der Waals surface area contributed by atoms with Crippen molar-refractivity contribution in [3.05, 3.63) is 29.3 Å². The number of aliphatic imine (C=N–C) groups is 1. The quantitative estimate of drug-likeness (QED) is 0.594. The van der Waals surface area contributed by atoms with Crippen molar-refractivity contribution in [1.29, 1.82) is 0 Å². The molecule has 0 heterocycles. The first kappa shape index (κ1) is 9.85. The van der Waals surface area contributed by atoms with E-state index in [0.29, 0.717) is 5.02 Å². The lowest BCUT2D eigenvalue weighted by atomic mass is 10.3. The fourth-order valence-corrected chi connectivity index (χ4v) is 0.759. The van der Waals surface area contributed by atoms with Gasteiger partial charge in [-0.25, -0.2) is 0 Å². The monoisotopic (exact) mass is 169 g/mol.